The summed E-state index contributed by atoms with van der Waals surface area (Å²) in [5.41, 5.74) is 1.58. The van der Waals surface area contributed by atoms with Crippen molar-refractivity contribution < 1.29 is 4.74 Å². The van der Waals surface area contributed by atoms with Crippen LogP contribution in [0, 0.1) is 0 Å². The molecule has 12 heavy (non-hydrogen) atoms. The van der Waals surface area contributed by atoms with Gasteiger partial charge in [-0.2, -0.15) is 0 Å². The van der Waals surface area contributed by atoms with E-state index in [4.69, 9.17) is 4.74 Å². The summed E-state index contributed by atoms with van der Waals surface area (Å²) in [6, 6.07) is 0. The van der Waals surface area contributed by atoms with Crippen LogP contribution in [0.4, 0.5) is 0 Å². The Balaban J connectivity index is 1.94. The van der Waals surface area contributed by atoms with E-state index < -0.39 is 0 Å². The van der Waals surface area contributed by atoms with Gasteiger partial charge in [0.05, 0.1) is 18.7 Å². The van der Waals surface area contributed by atoms with Crippen LogP contribution < -0.4 is 5.32 Å². The van der Waals surface area contributed by atoms with E-state index >= 15 is 0 Å². The van der Waals surface area contributed by atoms with Crippen molar-refractivity contribution >= 4 is 17.7 Å². The fourth-order valence-corrected chi connectivity index (χ4v) is 1.41. The van der Waals surface area contributed by atoms with Crippen molar-refractivity contribution in [3.8, 4) is 0 Å². The Labute approximate surface area is 79.1 Å². The molecule has 0 amide bonds. The molecule has 4 heteroatoms. The van der Waals surface area contributed by atoms with E-state index in [0.29, 0.717) is 0 Å². The second-order valence-corrected chi connectivity index (χ2v) is 3.12. The summed E-state index contributed by atoms with van der Waals surface area (Å²) in [5, 5.41) is 3.02. The minimum atomic E-state index is 0.889. The average molecular weight is 188 g/mol. The van der Waals surface area contributed by atoms with Gasteiger partial charge in [-0.1, -0.05) is 12.2 Å². The third-order valence-electron chi connectivity index (χ3n) is 1.98. The normalized spacial score (nSPS) is 19.0. The number of nitrogens with zero attached hydrogens (tertiary/aromatic N) is 1. The smallest absolute Gasteiger partial charge is 0.0614 e. The van der Waals surface area contributed by atoms with Gasteiger partial charge < -0.3 is 10.1 Å². The number of hydrogen-bond acceptors (Lipinski definition) is 3. The van der Waals surface area contributed by atoms with E-state index in [0.717, 1.165) is 45.8 Å². The quantitative estimate of drug-likeness (QED) is 0.494. The first-order valence-electron chi connectivity index (χ1n) is 4.40. The summed E-state index contributed by atoms with van der Waals surface area (Å²) in [4.78, 5) is 2.43. The van der Waals surface area contributed by atoms with Gasteiger partial charge in [0, 0.05) is 19.6 Å². The fraction of sp³-hybridized carbons (Fsp3) is 0.875. The van der Waals surface area contributed by atoms with Crippen molar-refractivity contribution in [2.45, 2.75) is 6.42 Å². The molecule has 0 atom stereocenters. The lowest BCUT2D eigenvalue weighted by Gasteiger charge is -2.26. The molecular formula is C8H16N2OS. The molecule has 1 rings (SSSR count). The standard InChI is InChI=1S/C8H16N2OS/c12-8-9-2-1-3-10-4-6-11-7-5-10/h8H,1-7H2,(H,9,12). The lowest BCUT2D eigenvalue weighted by Crippen LogP contribution is -2.37. The van der Waals surface area contributed by atoms with Crippen molar-refractivity contribution in [3.05, 3.63) is 0 Å². The minimum Gasteiger partial charge on any atom is -0.382 e. The van der Waals surface area contributed by atoms with Crippen LogP contribution in [0.5, 0.6) is 0 Å². The highest BCUT2D eigenvalue weighted by atomic mass is 32.1. The van der Waals surface area contributed by atoms with Crippen LogP contribution in [-0.4, -0.2) is 49.8 Å². The zero-order chi connectivity index (χ0) is 8.65. The van der Waals surface area contributed by atoms with E-state index in [1.165, 1.54) is 0 Å². The van der Waals surface area contributed by atoms with Crippen molar-refractivity contribution in [1.82, 2.24) is 10.2 Å². The number of ether oxygens (including phenoxy) is 1. The second-order valence-electron chi connectivity index (χ2n) is 2.88. The molecule has 0 aromatic rings. The maximum atomic E-state index is 5.25. The molecule has 0 saturated carbocycles. The zero-order valence-corrected chi connectivity index (χ0v) is 8.11. The fourth-order valence-electron chi connectivity index (χ4n) is 1.29. The van der Waals surface area contributed by atoms with Crippen LogP contribution in [0.15, 0.2) is 0 Å². The van der Waals surface area contributed by atoms with Crippen molar-refractivity contribution in [2.75, 3.05) is 39.4 Å². The van der Waals surface area contributed by atoms with Crippen LogP contribution in [-0.2, 0) is 4.74 Å². The third kappa shape index (κ3) is 3.99. The summed E-state index contributed by atoms with van der Waals surface area (Å²) in [5.74, 6) is 0. The summed E-state index contributed by atoms with van der Waals surface area (Å²) >= 11 is 4.65. The maximum absolute atomic E-state index is 5.25. The number of thiocarbonyl (C=S) groups is 1. The Bertz CT molecular complexity index is 126. The van der Waals surface area contributed by atoms with Gasteiger partial charge in [0.2, 0.25) is 0 Å². The molecule has 0 radical (unpaired) electrons. The monoisotopic (exact) mass is 188 g/mol. The van der Waals surface area contributed by atoms with E-state index in [-0.39, 0.29) is 0 Å². The first-order valence-corrected chi connectivity index (χ1v) is 4.88. The van der Waals surface area contributed by atoms with Crippen LogP contribution in [0.1, 0.15) is 6.42 Å². The van der Waals surface area contributed by atoms with Crippen molar-refractivity contribution in [1.29, 1.82) is 0 Å². The number of hydrogen-bond donors (Lipinski definition) is 1. The molecule has 1 fully saturated rings. The van der Waals surface area contributed by atoms with Crippen LogP contribution in [0.3, 0.4) is 0 Å². The van der Waals surface area contributed by atoms with Crippen LogP contribution >= 0.6 is 12.2 Å². The topological polar surface area (TPSA) is 24.5 Å². The first-order chi connectivity index (χ1) is 5.93. The van der Waals surface area contributed by atoms with Gasteiger partial charge in [0.25, 0.3) is 0 Å². The number of rotatable bonds is 5. The lowest BCUT2D eigenvalue weighted by molar-refractivity contribution is 0.0376. The molecule has 0 bridgehead atoms. The van der Waals surface area contributed by atoms with Gasteiger partial charge >= 0.3 is 0 Å². The molecule has 1 aliphatic heterocycles. The number of morpholine rings is 1. The Hall–Kier alpha value is -0.190. The van der Waals surface area contributed by atoms with E-state index in [1.54, 1.807) is 5.49 Å². The second kappa shape index (κ2) is 6.34. The summed E-state index contributed by atoms with van der Waals surface area (Å²) in [6.45, 7) is 6.08. The Morgan fingerprint density at radius 2 is 2.17 bits per heavy atom. The molecule has 3 nitrogen and oxygen atoms in total. The van der Waals surface area contributed by atoms with E-state index in [9.17, 15) is 0 Å². The summed E-state index contributed by atoms with van der Waals surface area (Å²) < 4.78 is 5.25. The largest absolute Gasteiger partial charge is 0.382 e. The first kappa shape index (κ1) is 9.89. The van der Waals surface area contributed by atoms with E-state index in [1.807, 2.05) is 0 Å². The maximum Gasteiger partial charge on any atom is 0.0614 e. The highest BCUT2D eigenvalue weighted by molar-refractivity contribution is 7.78. The Morgan fingerprint density at radius 3 is 2.83 bits per heavy atom. The van der Waals surface area contributed by atoms with Gasteiger partial charge in [-0.15, -0.1) is 0 Å². The van der Waals surface area contributed by atoms with Gasteiger partial charge in [0.1, 0.15) is 0 Å². The molecule has 1 N–H and O–H groups in total. The zero-order valence-electron chi connectivity index (χ0n) is 7.29. The Kier molecular flexibility index (Phi) is 5.23. The molecule has 0 aromatic carbocycles. The lowest BCUT2D eigenvalue weighted by atomic mass is 10.3. The molecule has 0 spiro atoms. The molecule has 0 unspecified atom stereocenters. The molecule has 1 heterocycles. The van der Waals surface area contributed by atoms with Crippen LogP contribution in [0.25, 0.3) is 0 Å². The highest BCUT2D eigenvalue weighted by Gasteiger charge is 2.08. The Morgan fingerprint density at radius 1 is 1.42 bits per heavy atom. The van der Waals surface area contributed by atoms with E-state index in [2.05, 4.69) is 22.4 Å². The summed E-state index contributed by atoms with van der Waals surface area (Å²) in [6.07, 6.45) is 1.16. The molecule has 0 aromatic heterocycles. The molecule has 1 saturated heterocycles. The average Bonchev–Trinajstić information content (AvgIpc) is 2.14. The SMILES string of the molecule is S=CNCCCN1CCOCC1. The highest BCUT2D eigenvalue weighted by Crippen LogP contribution is 1.96. The molecule has 70 valence electrons. The predicted molar refractivity (Wildman–Crippen MR) is 53.5 cm³/mol. The van der Waals surface area contributed by atoms with Crippen molar-refractivity contribution in [2.24, 2.45) is 0 Å². The molecule has 1 aliphatic rings. The predicted octanol–water partition coefficient (Wildman–Crippen LogP) is 0.255. The van der Waals surface area contributed by atoms with Gasteiger partial charge in [0.15, 0.2) is 0 Å². The minimum absolute atomic E-state index is 0.889. The van der Waals surface area contributed by atoms with Gasteiger partial charge in [-0.05, 0) is 13.0 Å². The van der Waals surface area contributed by atoms with Gasteiger partial charge in [-0.25, -0.2) is 0 Å². The van der Waals surface area contributed by atoms with Gasteiger partial charge in [-0.3, -0.25) is 4.90 Å². The van der Waals surface area contributed by atoms with Crippen molar-refractivity contribution in [3.63, 3.8) is 0 Å². The third-order valence-corrected chi connectivity index (χ3v) is 2.15. The molecular weight excluding hydrogens is 172 g/mol. The summed E-state index contributed by atoms with van der Waals surface area (Å²) in [7, 11) is 0. The van der Waals surface area contributed by atoms with Crippen LogP contribution in [0.2, 0.25) is 0 Å². The molecule has 0 aliphatic carbocycles. The number of nitrogens with one attached hydrogen (secondary N) is 1.